The minimum atomic E-state index is -4.45. The molecule has 3 aromatic carbocycles. The van der Waals surface area contributed by atoms with Crippen molar-refractivity contribution >= 4 is 37.6 Å². The van der Waals surface area contributed by atoms with Crippen molar-refractivity contribution < 1.29 is 17.6 Å². The molecule has 37 heavy (non-hydrogen) atoms. The van der Waals surface area contributed by atoms with Crippen LogP contribution in [0.4, 0.5) is 9.18 Å². The Balaban J connectivity index is 1.50. The minimum absolute atomic E-state index is 0.299. The van der Waals surface area contributed by atoms with Crippen LogP contribution in [-0.2, 0) is 10.0 Å². The van der Waals surface area contributed by atoms with Crippen LogP contribution in [0.1, 0.15) is 30.3 Å². The van der Waals surface area contributed by atoms with Crippen LogP contribution in [0.2, 0.25) is 0 Å². The Morgan fingerprint density at radius 1 is 1.03 bits per heavy atom. The summed E-state index contributed by atoms with van der Waals surface area (Å²) in [7, 11) is -4.45. The number of thiazole rings is 1. The Morgan fingerprint density at radius 3 is 2.57 bits per heavy atom. The smallest absolute Gasteiger partial charge is 0.327 e. The molecular weight excluding hydrogens is 513 g/mol. The number of sulfonamides is 1. The van der Waals surface area contributed by atoms with E-state index >= 15 is 0 Å². The Morgan fingerprint density at radius 2 is 1.78 bits per heavy atom. The van der Waals surface area contributed by atoms with E-state index in [2.05, 4.69) is 15.3 Å². The molecule has 11 heteroatoms. The van der Waals surface area contributed by atoms with Gasteiger partial charge in [-0.2, -0.15) is 0 Å². The van der Waals surface area contributed by atoms with E-state index in [0.717, 1.165) is 33.6 Å². The summed E-state index contributed by atoms with van der Waals surface area (Å²) < 4.78 is 44.4. The van der Waals surface area contributed by atoms with E-state index in [4.69, 9.17) is 0 Å². The lowest BCUT2D eigenvalue weighted by atomic mass is 9.92. The first kappa shape index (κ1) is 24.6. The monoisotopic (exact) mass is 535 g/mol. The van der Waals surface area contributed by atoms with Crippen molar-refractivity contribution in [2.45, 2.75) is 23.8 Å². The average Bonchev–Trinajstić information content (AvgIpc) is 3.56. The summed E-state index contributed by atoms with van der Waals surface area (Å²) in [5.74, 6) is -0.762. The number of imidazole rings is 1. The Hall–Kier alpha value is -4.09. The van der Waals surface area contributed by atoms with Gasteiger partial charge in [-0.05, 0) is 35.9 Å². The molecule has 2 N–H and O–H groups in total. The molecule has 0 aliphatic heterocycles. The molecule has 0 saturated carbocycles. The summed E-state index contributed by atoms with van der Waals surface area (Å²) in [5, 5.41) is 2.76. The summed E-state index contributed by atoms with van der Waals surface area (Å²) in [4.78, 5) is 21.3. The molecule has 0 radical (unpaired) electrons. The second-order valence-electron chi connectivity index (χ2n) is 8.35. The van der Waals surface area contributed by atoms with Crippen molar-refractivity contribution in [3.63, 3.8) is 0 Å². The molecular formula is C26H22FN5O3S2. The lowest BCUT2D eigenvalue weighted by Crippen LogP contribution is -2.43. The first-order chi connectivity index (χ1) is 17.8. The van der Waals surface area contributed by atoms with E-state index < -0.39 is 32.8 Å². The van der Waals surface area contributed by atoms with Gasteiger partial charge in [0.15, 0.2) is 0 Å². The molecule has 2 heterocycles. The minimum Gasteiger partial charge on any atom is -0.327 e. The van der Waals surface area contributed by atoms with Crippen molar-refractivity contribution in [2.24, 2.45) is 0 Å². The van der Waals surface area contributed by atoms with Gasteiger partial charge in [0.25, 0.3) is 10.0 Å². The van der Waals surface area contributed by atoms with Gasteiger partial charge in [0.05, 0.1) is 21.8 Å². The number of aromatic nitrogens is 3. The predicted octanol–water partition coefficient (Wildman–Crippen LogP) is 5.15. The maximum Gasteiger partial charge on any atom is 0.329 e. The third-order valence-electron chi connectivity index (χ3n) is 6.00. The molecule has 188 valence electrons. The molecule has 2 amide bonds. The molecule has 8 nitrogen and oxygen atoms in total. The van der Waals surface area contributed by atoms with Gasteiger partial charge in [-0.3, -0.25) is 0 Å². The molecule has 5 rings (SSSR count). The molecule has 2 aromatic heterocycles. The van der Waals surface area contributed by atoms with Crippen LogP contribution in [0.15, 0.2) is 95.6 Å². The molecule has 0 aliphatic rings. The number of nitrogens with one attached hydrogen (secondary N) is 2. The topological polar surface area (TPSA) is 106 Å². The summed E-state index contributed by atoms with van der Waals surface area (Å²) in [6, 6.07) is 18.4. The summed E-state index contributed by atoms with van der Waals surface area (Å²) in [6.45, 7) is 1.91. The van der Waals surface area contributed by atoms with Crippen molar-refractivity contribution in [3.8, 4) is 5.69 Å². The molecule has 0 fully saturated rings. The molecule has 2 atom stereocenters. The van der Waals surface area contributed by atoms with E-state index in [0.29, 0.717) is 5.82 Å². The first-order valence-electron chi connectivity index (χ1n) is 11.3. The lowest BCUT2D eigenvalue weighted by Gasteiger charge is -2.26. The summed E-state index contributed by atoms with van der Waals surface area (Å²) >= 11 is 1.53. The van der Waals surface area contributed by atoms with Gasteiger partial charge in [0.1, 0.15) is 16.5 Å². The molecule has 0 bridgehead atoms. The summed E-state index contributed by atoms with van der Waals surface area (Å²) in [6.07, 6.45) is 3.38. The normalized spacial score (nSPS) is 13.2. The molecule has 0 spiro atoms. The number of benzene rings is 3. The number of halogens is 1. The zero-order chi connectivity index (χ0) is 26.0. The van der Waals surface area contributed by atoms with Gasteiger partial charge in [0, 0.05) is 24.0 Å². The van der Waals surface area contributed by atoms with Crippen LogP contribution in [0, 0.1) is 5.82 Å². The maximum absolute atomic E-state index is 14.1. The van der Waals surface area contributed by atoms with Crippen LogP contribution in [0.3, 0.4) is 0 Å². The van der Waals surface area contributed by atoms with Crippen LogP contribution in [0.5, 0.6) is 0 Å². The third kappa shape index (κ3) is 5.09. The molecule has 5 aromatic rings. The number of nitrogens with zero attached hydrogens (tertiary/aromatic N) is 3. The van der Waals surface area contributed by atoms with Gasteiger partial charge in [-0.1, -0.05) is 49.4 Å². The third-order valence-corrected chi connectivity index (χ3v) is 8.18. The predicted molar refractivity (Wildman–Crippen MR) is 140 cm³/mol. The van der Waals surface area contributed by atoms with E-state index in [1.54, 1.807) is 17.9 Å². The highest BCUT2D eigenvalue weighted by atomic mass is 32.2. The number of carbonyl (C=O) groups excluding carboxylic acids is 1. The highest BCUT2D eigenvalue weighted by molar-refractivity contribution is 7.90. The SMILES string of the molecule is C[C@H](c1ccccc1)[C@H](NC(=O)NS(=O)(=O)c1ccccc1F)c1nccn1-c1ccc2scnc2c1. The number of rotatable bonds is 7. The fourth-order valence-electron chi connectivity index (χ4n) is 4.13. The maximum atomic E-state index is 14.1. The Labute approximate surface area is 216 Å². The molecule has 0 aliphatic carbocycles. The highest BCUT2D eigenvalue weighted by Crippen LogP contribution is 2.32. The zero-order valence-electron chi connectivity index (χ0n) is 19.6. The van der Waals surface area contributed by atoms with Crippen molar-refractivity contribution in [1.82, 2.24) is 24.6 Å². The van der Waals surface area contributed by atoms with Crippen LogP contribution in [0.25, 0.3) is 15.9 Å². The lowest BCUT2D eigenvalue weighted by molar-refractivity contribution is 0.239. The number of amides is 2. The van der Waals surface area contributed by atoms with Crippen LogP contribution in [-0.4, -0.2) is 29.0 Å². The number of carbonyl (C=O) groups is 1. The number of urea groups is 1. The molecule has 0 saturated heterocycles. The second kappa shape index (κ2) is 10.1. The first-order valence-corrected chi connectivity index (χ1v) is 13.7. The fraction of sp³-hybridized carbons (Fsp3) is 0.115. The van der Waals surface area contributed by atoms with Gasteiger partial charge in [-0.25, -0.2) is 32.3 Å². The van der Waals surface area contributed by atoms with Crippen molar-refractivity contribution in [3.05, 3.63) is 108 Å². The number of fused-ring (bicyclic) bond motifs is 1. The zero-order valence-corrected chi connectivity index (χ0v) is 21.2. The van der Waals surface area contributed by atoms with Gasteiger partial charge < -0.3 is 9.88 Å². The van der Waals surface area contributed by atoms with Gasteiger partial charge in [-0.15, -0.1) is 11.3 Å². The fourth-order valence-corrected chi connectivity index (χ4v) is 5.79. The van der Waals surface area contributed by atoms with Crippen molar-refractivity contribution in [1.29, 1.82) is 0 Å². The standard InChI is InChI=1S/C26H22FN5O3S2/c1-17(18-7-3-2-4-8-18)24(30-26(33)31-37(34,35)23-10-6-5-9-20(23)27)25-28-13-14-32(25)19-11-12-22-21(15-19)29-16-36-22/h2-17,24H,1H3,(H2,30,31,33)/t17-,24+/m1/s1. The Bertz CT molecular complexity index is 1670. The highest BCUT2D eigenvalue weighted by Gasteiger charge is 2.29. The quantitative estimate of drug-likeness (QED) is 0.300. The Kier molecular flexibility index (Phi) is 6.72. The average molecular weight is 536 g/mol. The number of hydrogen-bond acceptors (Lipinski definition) is 6. The van der Waals surface area contributed by atoms with E-state index in [1.807, 2.05) is 64.7 Å². The molecule has 0 unspecified atom stereocenters. The van der Waals surface area contributed by atoms with Crippen molar-refractivity contribution in [2.75, 3.05) is 0 Å². The van der Waals surface area contributed by atoms with E-state index in [1.165, 1.54) is 23.5 Å². The number of hydrogen-bond donors (Lipinski definition) is 2. The summed E-state index contributed by atoms with van der Waals surface area (Å²) in [5.41, 5.74) is 4.30. The van der Waals surface area contributed by atoms with E-state index in [-0.39, 0.29) is 5.92 Å². The van der Waals surface area contributed by atoms with Gasteiger partial charge >= 0.3 is 6.03 Å². The van der Waals surface area contributed by atoms with Gasteiger partial charge in [0.2, 0.25) is 0 Å². The van der Waals surface area contributed by atoms with Crippen LogP contribution >= 0.6 is 11.3 Å². The second-order valence-corrected chi connectivity index (χ2v) is 10.9. The van der Waals surface area contributed by atoms with Crippen LogP contribution < -0.4 is 10.0 Å². The largest absolute Gasteiger partial charge is 0.329 e. The van der Waals surface area contributed by atoms with E-state index in [9.17, 15) is 17.6 Å².